The van der Waals surface area contributed by atoms with Crippen molar-refractivity contribution in [1.29, 1.82) is 0 Å². The van der Waals surface area contributed by atoms with Crippen LogP contribution in [0.15, 0.2) is 24.5 Å². The van der Waals surface area contributed by atoms with E-state index in [4.69, 9.17) is 0 Å². The van der Waals surface area contributed by atoms with Gasteiger partial charge >= 0.3 is 0 Å². The summed E-state index contributed by atoms with van der Waals surface area (Å²) >= 11 is 0. The van der Waals surface area contributed by atoms with E-state index in [9.17, 15) is 0 Å². The number of tetrazole rings is 1. The van der Waals surface area contributed by atoms with E-state index >= 15 is 0 Å². The molecule has 2 aromatic rings. The van der Waals surface area contributed by atoms with Gasteiger partial charge in [0.2, 0.25) is 0 Å². The predicted molar refractivity (Wildman–Crippen MR) is 88.9 cm³/mol. The van der Waals surface area contributed by atoms with Gasteiger partial charge in [0, 0.05) is 12.4 Å². The molecule has 0 N–H and O–H groups in total. The van der Waals surface area contributed by atoms with Crippen LogP contribution in [0.3, 0.4) is 0 Å². The summed E-state index contributed by atoms with van der Waals surface area (Å²) in [6, 6.07) is 4.25. The molecule has 3 heterocycles. The average molecular weight is 314 g/mol. The van der Waals surface area contributed by atoms with E-state index < -0.39 is 0 Å². The van der Waals surface area contributed by atoms with Crippen molar-refractivity contribution in [3.63, 3.8) is 0 Å². The Balaban J connectivity index is 2.04. The summed E-state index contributed by atoms with van der Waals surface area (Å²) in [5, 5.41) is 12.6. The van der Waals surface area contributed by atoms with Gasteiger partial charge in [0.25, 0.3) is 0 Å². The van der Waals surface area contributed by atoms with E-state index in [0.29, 0.717) is 0 Å². The minimum atomic E-state index is -0.143. The van der Waals surface area contributed by atoms with Crippen LogP contribution < -0.4 is 0 Å². The van der Waals surface area contributed by atoms with Gasteiger partial charge in [-0.25, -0.2) is 4.68 Å². The summed E-state index contributed by atoms with van der Waals surface area (Å²) in [6.45, 7) is 8.59. The standard InChI is InChI=1S/C17H26N6/c1-17(2,3)23-16(19-20-21-23)15(14-8-10-18-11-9-14)22-12-6-4-5-7-13-22/h8-11,15H,4-7,12-13H2,1-3H3/t15-/m0/s1. The van der Waals surface area contributed by atoms with Gasteiger partial charge in [0.1, 0.15) is 0 Å². The highest BCUT2D eigenvalue weighted by Gasteiger charge is 2.31. The molecule has 0 bridgehead atoms. The van der Waals surface area contributed by atoms with Crippen molar-refractivity contribution in [3.8, 4) is 0 Å². The van der Waals surface area contributed by atoms with Crippen LogP contribution in [-0.2, 0) is 5.54 Å². The third kappa shape index (κ3) is 3.58. The van der Waals surface area contributed by atoms with Crippen LogP contribution in [-0.4, -0.2) is 43.2 Å². The van der Waals surface area contributed by atoms with Gasteiger partial charge in [-0.1, -0.05) is 12.8 Å². The minimum absolute atomic E-state index is 0.0883. The fourth-order valence-electron chi connectivity index (χ4n) is 3.26. The van der Waals surface area contributed by atoms with E-state index in [2.05, 4.69) is 58.3 Å². The molecule has 0 amide bonds. The molecule has 6 nitrogen and oxygen atoms in total. The Labute approximate surface area is 137 Å². The molecule has 124 valence electrons. The third-order valence-corrected chi connectivity index (χ3v) is 4.40. The normalized spacial score (nSPS) is 18.6. The van der Waals surface area contributed by atoms with Gasteiger partial charge in [-0.15, -0.1) is 5.10 Å². The zero-order chi connectivity index (χ0) is 16.3. The maximum absolute atomic E-state index is 4.40. The first kappa shape index (κ1) is 16.1. The lowest BCUT2D eigenvalue weighted by atomic mass is 10.0. The predicted octanol–water partition coefficient (Wildman–Crippen LogP) is 2.79. The van der Waals surface area contributed by atoms with E-state index in [-0.39, 0.29) is 11.6 Å². The molecule has 1 atom stereocenters. The first-order chi connectivity index (χ1) is 11.1. The number of hydrogen-bond donors (Lipinski definition) is 0. The Kier molecular flexibility index (Phi) is 4.71. The Morgan fingerprint density at radius 3 is 2.26 bits per heavy atom. The fourth-order valence-corrected chi connectivity index (χ4v) is 3.26. The average Bonchev–Trinajstić information content (AvgIpc) is 2.86. The molecule has 0 radical (unpaired) electrons. The maximum Gasteiger partial charge on any atom is 0.173 e. The molecule has 0 aliphatic carbocycles. The van der Waals surface area contributed by atoms with Crippen molar-refractivity contribution < 1.29 is 0 Å². The molecule has 0 unspecified atom stereocenters. The van der Waals surface area contributed by atoms with Crippen LogP contribution >= 0.6 is 0 Å². The SMILES string of the molecule is CC(C)(C)n1nnnc1[C@H](c1ccncc1)N1CCCCCC1. The van der Waals surface area contributed by atoms with Crippen LogP contribution in [0.25, 0.3) is 0 Å². The topological polar surface area (TPSA) is 59.7 Å². The maximum atomic E-state index is 4.40. The molecule has 1 aliphatic rings. The molecule has 1 aliphatic heterocycles. The highest BCUT2D eigenvalue weighted by molar-refractivity contribution is 5.22. The number of nitrogens with zero attached hydrogens (tertiary/aromatic N) is 6. The smallest absolute Gasteiger partial charge is 0.173 e. The molecule has 0 saturated carbocycles. The molecule has 6 heteroatoms. The summed E-state index contributed by atoms with van der Waals surface area (Å²) < 4.78 is 1.96. The number of pyridine rings is 1. The summed E-state index contributed by atoms with van der Waals surface area (Å²) in [5.74, 6) is 0.922. The number of rotatable bonds is 3. The lowest BCUT2D eigenvalue weighted by Crippen LogP contribution is -2.35. The van der Waals surface area contributed by atoms with Crippen molar-refractivity contribution in [2.75, 3.05) is 13.1 Å². The molecular formula is C17H26N6. The molecular weight excluding hydrogens is 288 g/mol. The first-order valence-corrected chi connectivity index (χ1v) is 8.50. The second kappa shape index (κ2) is 6.74. The molecule has 0 spiro atoms. The highest BCUT2D eigenvalue weighted by atomic mass is 15.6. The van der Waals surface area contributed by atoms with E-state index in [1.54, 1.807) is 0 Å². The van der Waals surface area contributed by atoms with Crippen molar-refractivity contribution in [2.45, 2.75) is 58.0 Å². The molecule has 1 saturated heterocycles. The highest BCUT2D eigenvalue weighted by Crippen LogP contribution is 2.31. The number of hydrogen-bond acceptors (Lipinski definition) is 5. The first-order valence-electron chi connectivity index (χ1n) is 8.50. The van der Waals surface area contributed by atoms with Gasteiger partial charge < -0.3 is 0 Å². The summed E-state index contributed by atoms with van der Waals surface area (Å²) in [5.41, 5.74) is 1.07. The fraction of sp³-hybridized carbons (Fsp3) is 0.647. The van der Waals surface area contributed by atoms with E-state index in [0.717, 1.165) is 18.9 Å². The lowest BCUT2D eigenvalue weighted by Gasteiger charge is -2.32. The molecule has 1 fully saturated rings. The van der Waals surface area contributed by atoms with Crippen LogP contribution in [0.5, 0.6) is 0 Å². The monoisotopic (exact) mass is 314 g/mol. The van der Waals surface area contributed by atoms with Gasteiger partial charge in [-0.3, -0.25) is 9.88 Å². The Bertz CT molecular complexity index is 608. The van der Waals surface area contributed by atoms with Gasteiger partial charge in [-0.05, 0) is 74.8 Å². The summed E-state index contributed by atoms with van der Waals surface area (Å²) in [4.78, 5) is 6.69. The molecule has 2 aromatic heterocycles. The van der Waals surface area contributed by atoms with Crippen LogP contribution in [0.4, 0.5) is 0 Å². The number of likely N-dealkylation sites (tertiary alicyclic amines) is 1. The second-order valence-electron chi connectivity index (χ2n) is 7.25. The lowest BCUT2D eigenvalue weighted by molar-refractivity contribution is 0.209. The largest absolute Gasteiger partial charge is 0.290 e. The van der Waals surface area contributed by atoms with Crippen molar-refractivity contribution in [3.05, 3.63) is 35.9 Å². The van der Waals surface area contributed by atoms with Gasteiger partial charge in [0.15, 0.2) is 5.82 Å². The van der Waals surface area contributed by atoms with Crippen molar-refractivity contribution in [2.24, 2.45) is 0 Å². The molecule has 23 heavy (non-hydrogen) atoms. The summed E-state index contributed by atoms with van der Waals surface area (Å²) in [6.07, 6.45) is 8.79. The van der Waals surface area contributed by atoms with E-state index in [1.807, 2.05) is 17.1 Å². The zero-order valence-electron chi connectivity index (χ0n) is 14.3. The third-order valence-electron chi connectivity index (χ3n) is 4.40. The minimum Gasteiger partial charge on any atom is -0.290 e. The quantitative estimate of drug-likeness (QED) is 0.872. The van der Waals surface area contributed by atoms with Crippen molar-refractivity contribution in [1.82, 2.24) is 30.1 Å². The van der Waals surface area contributed by atoms with Crippen LogP contribution in [0.2, 0.25) is 0 Å². The van der Waals surface area contributed by atoms with Gasteiger partial charge in [0.05, 0.1) is 11.6 Å². The Morgan fingerprint density at radius 1 is 1.00 bits per heavy atom. The van der Waals surface area contributed by atoms with Crippen LogP contribution in [0.1, 0.15) is 63.9 Å². The summed E-state index contributed by atoms with van der Waals surface area (Å²) in [7, 11) is 0. The van der Waals surface area contributed by atoms with Gasteiger partial charge in [-0.2, -0.15) is 0 Å². The Hall–Kier alpha value is -1.82. The Morgan fingerprint density at radius 2 is 1.65 bits per heavy atom. The van der Waals surface area contributed by atoms with Crippen LogP contribution in [0, 0.1) is 0 Å². The molecule has 3 rings (SSSR count). The number of aromatic nitrogens is 5. The van der Waals surface area contributed by atoms with E-state index in [1.165, 1.54) is 31.2 Å². The second-order valence-corrected chi connectivity index (χ2v) is 7.25. The zero-order valence-corrected chi connectivity index (χ0v) is 14.3. The molecule has 0 aromatic carbocycles. The van der Waals surface area contributed by atoms with Crippen molar-refractivity contribution >= 4 is 0 Å².